The molecule has 0 saturated carbocycles. The molecular weight excluding hydrogens is 536 g/mol. The number of anilines is 2. The van der Waals surface area contributed by atoms with Crippen LogP contribution in [0.1, 0.15) is 37.7 Å². The molecule has 0 amide bonds. The van der Waals surface area contributed by atoms with Crippen molar-refractivity contribution in [2.24, 2.45) is 7.05 Å². The van der Waals surface area contributed by atoms with Crippen LogP contribution in [0.4, 0.5) is 11.8 Å². The Balaban J connectivity index is 1.70. The summed E-state index contributed by atoms with van der Waals surface area (Å²) in [5.41, 5.74) is 4.83. The van der Waals surface area contributed by atoms with Crippen LogP contribution in [0.3, 0.4) is 0 Å². The first kappa shape index (κ1) is 30.2. The third-order valence-corrected chi connectivity index (χ3v) is 7.43. The molecule has 42 heavy (non-hydrogen) atoms. The minimum atomic E-state index is -1.02. The minimum absolute atomic E-state index is 0.175. The van der Waals surface area contributed by atoms with Gasteiger partial charge in [0, 0.05) is 56.1 Å². The summed E-state index contributed by atoms with van der Waals surface area (Å²) < 4.78 is 8.64. The lowest BCUT2D eigenvalue weighted by molar-refractivity contribution is -0.137. The number of rotatable bonds is 12. The van der Waals surface area contributed by atoms with Gasteiger partial charge >= 0.3 is 5.97 Å². The molecule has 12 heteroatoms. The van der Waals surface area contributed by atoms with E-state index in [2.05, 4.69) is 20.4 Å². The number of aryl methyl sites for hydroxylation is 3. The summed E-state index contributed by atoms with van der Waals surface area (Å²) in [4.78, 5) is 41.2. The standard InChI is InChI=1S/C30H38N8O4/c1-8-37(9-2)30-31-16-22(24-18(4)35-36(6)19(24)5)26(34-30)33-23(29(40)41)15-20-11-13-21(14-12-20)25-27(42-7)32-17-38(10-3)28(25)39/h11-14,16-17,23H,8-10,15H2,1-7H3,(H,40,41)(H,31,33,34)/t23-/m0/s1. The van der Waals surface area contributed by atoms with E-state index in [1.165, 1.54) is 18.0 Å². The second kappa shape index (κ2) is 12.8. The number of hydrogen-bond acceptors (Lipinski definition) is 9. The van der Waals surface area contributed by atoms with E-state index < -0.39 is 12.0 Å². The van der Waals surface area contributed by atoms with Crippen LogP contribution in [-0.2, 0) is 24.8 Å². The van der Waals surface area contributed by atoms with Gasteiger partial charge in [0.05, 0.1) is 12.8 Å². The number of benzene rings is 1. The van der Waals surface area contributed by atoms with Gasteiger partial charge in [0.15, 0.2) is 0 Å². The van der Waals surface area contributed by atoms with E-state index in [4.69, 9.17) is 9.72 Å². The fraction of sp³-hybridized carbons (Fsp3) is 0.400. The van der Waals surface area contributed by atoms with E-state index in [9.17, 15) is 14.7 Å². The number of aromatic nitrogens is 6. The first-order chi connectivity index (χ1) is 20.1. The van der Waals surface area contributed by atoms with Crippen LogP contribution in [0.25, 0.3) is 22.3 Å². The molecule has 0 unspecified atom stereocenters. The Morgan fingerprint density at radius 3 is 2.33 bits per heavy atom. The highest BCUT2D eigenvalue weighted by atomic mass is 16.5. The molecule has 222 valence electrons. The summed E-state index contributed by atoms with van der Waals surface area (Å²) in [5, 5.41) is 18.0. The van der Waals surface area contributed by atoms with Crippen molar-refractivity contribution in [1.29, 1.82) is 0 Å². The average molecular weight is 575 g/mol. The molecule has 0 saturated heterocycles. The largest absolute Gasteiger partial charge is 0.480 e. The number of hydrogen-bond donors (Lipinski definition) is 2. The first-order valence-electron chi connectivity index (χ1n) is 14.0. The fourth-order valence-electron chi connectivity index (χ4n) is 5.00. The molecule has 12 nitrogen and oxygen atoms in total. The van der Waals surface area contributed by atoms with E-state index in [0.29, 0.717) is 48.1 Å². The maximum Gasteiger partial charge on any atom is 0.326 e. The van der Waals surface area contributed by atoms with Gasteiger partial charge in [0.2, 0.25) is 11.8 Å². The van der Waals surface area contributed by atoms with Crippen molar-refractivity contribution in [3.63, 3.8) is 0 Å². The molecule has 0 spiro atoms. The van der Waals surface area contributed by atoms with Gasteiger partial charge < -0.3 is 20.1 Å². The van der Waals surface area contributed by atoms with Gasteiger partial charge in [-0.2, -0.15) is 10.1 Å². The van der Waals surface area contributed by atoms with Crippen molar-refractivity contribution in [3.05, 3.63) is 64.1 Å². The van der Waals surface area contributed by atoms with Gasteiger partial charge in [0.1, 0.15) is 23.8 Å². The van der Waals surface area contributed by atoms with E-state index in [1.807, 2.05) is 58.7 Å². The third-order valence-electron chi connectivity index (χ3n) is 7.43. The Bertz CT molecular complexity index is 1620. The number of nitrogens with one attached hydrogen (secondary N) is 1. The first-order valence-corrected chi connectivity index (χ1v) is 14.0. The molecule has 0 aliphatic carbocycles. The Kier molecular flexibility index (Phi) is 9.24. The molecule has 4 rings (SSSR count). The summed E-state index contributed by atoms with van der Waals surface area (Å²) in [7, 11) is 3.34. The molecule has 4 aromatic rings. The number of ether oxygens (including phenoxy) is 1. The smallest absolute Gasteiger partial charge is 0.326 e. The predicted molar refractivity (Wildman–Crippen MR) is 162 cm³/mol. The monoisotopic (exact) mass is 574 g/mol. The summed E-state index contributed by atoms with van der Waals surface area (Å²) in [6.45, 7) is 11.7. The van der Waals surface area contributed by atoms with E-state index in [1.54, 1.807) is 23.0 Å². The number of carbonyl (C=O) groups is 1. The van der Waals surface area contributed by atoms with Crippen molar-refractivity contribution >= 4 is 17.7 Å². The number of aliphatic carboxylic acids is 1. The third kappa shape index (κ3) is 5.97. The minimum Gasteiger partial charge on any atom is -0.480 e. The molecule has 0 bridgehead atoms. The Morgan fingerprint density at radius 1 is 1.10 bits per heavy atom. The van der Waals surface area contributed by atoms with Crippen molar-refractivity contribution in [1.82, 2.24) is 29.3 Å². The predicted octanol–water partition coefficient (Wildman–Crippen LogP) is 3.70. The zero-order chi connectivity index (χ0) is 30.6. The Morgan fingerprint density at radius 2 is 1.79 bits per heavy atom. The van der Waals surface area contributed by atoms with Gasteiger partial charge in [0.25, 0.3) is 5.56 Å². The lowest BCUT2D eigenvalue weighted by atomic mass is 10.0. The SMILES string of the molecule is CCN(CC)c1ncc(-c2c(C)nn(C)c2C)c(N[C@@H](Cc2ccc(-c3c(OC)ncn(CC)c3=O)cc2)C(=O)O)n1. The normalized spacial score (nSPS) is 11.8. The highest BCUT2D eigenvalue weighted by Crippen LogP contribution is 2.33. The summed E-state index contributed by atoms with van der Waals surface area (Å²) in [6.07, 6.45) is 3.37. The second-order valence-electron chi connectivity index (χ2n) is 9.93. The van der Waals surface area contributed by atoms with Crippen molar-refractivity contribution in [2.75, 3.05) is 30.4 Å². The molecule has 3 heterocycles. The van der Waals surface area contributed by atoms with E-state index in [0.717, 1.165) is 22.5 Å². The summed E-state index contributed by atoms with van der Waals surface area (Å²) in [5.74, 6) is 0.161. The maximum atomic E-state index is 13.0. The van der Waals surface area contributed by atoms with Gasteiger partial charge in [-0.05, 0) is 45.7 Å². The number of methoxy groups -OCH3 is 1. The molecular formula is C30H38N8O4. The van der Waals surface area contributed by atoms with Crippen molar-refractivity contribution in [3.8, 4) is 28.1 Å². The number of carboxylic acids is 1. The topological polar surface area (TPSA) is 140 Å². The fourth-order valence-corrected chi connectivity index (χ4v) is 5.00. The van der Waals surface area contributed by atoms with Gasteiger partial charge in [-0.3, -0.25) is 14.0 Å². The zero-order valence-electron chi connectivity index (χ0n) is 25.2. The molecule has 0 fully saturated rings. The Hall–Kier alpha value is -4.74. The van der Waals surface area contributed by atoms with Crippen LogP contribution < -0.4 is 20.5 Å². The van der Waals surface area contributed by atoms with Crippen LogP contribution in [-0.4, -0.2) is 66.6 Å². The average Bonchev–Trinajstić information content (AvgIpc) is 3.23. The van der Waals surface area contributed by atoms with Crippen molar-refractivity contribution in [2.45, 2.75) is 53.6 Å². The van der Waals surface area contributed by atoms with E-state index in [-0.39, 0.29) is 17.9 Å². The molecule has 1 aromatic carbocycles. The number of carboxylic acid groups (broad SMARTS) is 1. The second-order valence-corrected chi connectivity index (χ2v) is 9.93. The van der Waals surface area contributed by atoms with Gasteiger partial charge in [-0.15, -0.1) is 0 Å². The zero-order valence-corrected chi connectivity index (χ0v) is 25.2. The quantitative estimate of drug-likeness (QED) is 0.257. The molecule has 0 aliphatic rings. The van der Waals surface area contributed by atoms with Gasteiger partial charge in [-0.25, -0.2) is 14.8 Å². The molecule has 1 atom stereocenters. The molecule has 0 aliphatic heterocycles. The number of nitrogens with zero attached hydrogens (tertiary/aromatic N) is 7. The molecule has 2 N–H and O–H groups in total. The highest BCUT2D eigenvalue weighted by molar-refractivity contribution is 5.83. The van der Waals surface area contributed by atoms with Crippen LogP contribution in [0.15, 0.2) is 41.6 Å². The maximum absolute atomic E-state index is 13.0. The van der Waals surface area contributed by atoms with E-state index >= 15 is 0 Å². The lowest BCUT2D eigenvalue weighted by Gasteiger charge is -2.22. The summed E-state index contributed by atoms with van der Waals surface area (Å²) in [6, 6.07) is 6.20. The van der Waals surface area contributed by atoms with Crippen LogP contribution in [0.5, 0.6) is 5.88 Å². The molecule has 0 radical (unpaired) electrons. The van der Waals surface area contributed by atoms with Crippen LogP contribution in [0, 0.1) is 13.8 Å². The molecule has 3 aromatic heterocycles. The Labute approximate surface area is 245 Å². The lowest BCUT2D eigenvalue weighted by Crippen LogP contribution is -2.33. The van der Waals surface area contributed by atoms with Gasteiger partial charge in [-0.1, -0.05) is 24.3 Å². The van der Waals surface area contributed by atoms with Crippen LogP contribution >= 0.6 is 0 Å². The van der Waals surface area contributed by atoms with Crippen molar-refractivity contribution < 1.29 is 14.6 Å². The highest BCUT2D eigenvalue weighted by Gasteiger charge is 2.24. The van der Waals surface area contributed by atoms with Crippen LogP contribution in [0.2, 0.25) is 0 Å². The summed E-state index contributed by atoms with van der Waals surface area (Å²) >= 11 is 0.